The van der Waals surface area contributed by atoms with Crippen molar-refractivity contribution in [3.05, 3.63) is 59.7 Å². The fourth-order valence-electron chi connectivity index (χ4n) is 2.66. The number of rotatable bonds is 7. The van der Waals surface area contributed by atoms with Crippen molar-refractivity contribution >= 4 is 18.3 Å². The van der Waals surface area contributed by atoms with Gasteiger partial charge in [-0.15, -0.1) is 12.4 Å². The lowest BCUT2D eigenvalue weighted by Crippen LogP contribution is -2.34. The molecule has 1 amide bonds. The summed E-state index contributed by atoms with van der Waals surface area (Å²) in [6.07, 6.45) is 2.61. The molecule has 1 aliphatic carbocycles. The Morgan fingerprint density at radius 2 is 1.79 bits per heavy atom. The number of hydrogen-bond acceptors (Lipinski definition) is 2. The van der Waals surface area contributed by atoms with E-state index in [1.807, 2.05) is 6.07 Å². The fraction of sp³-hybridized carbons (Fsp3) is 0.350. The van der Waals surface area contributed by atoms with Gasteiger partial charge in [0, 0.05) is 6.54 Å². The standard InChI is InChI=1S/C20H24N2O.ClH/c1-15-4-2-6-18(10-15)19-7-3-5-17(11-19)13-22-20(23)14-21-12-16-8-9-16;/h2-7,10-11,16,21H,8-9,12-14H2,1H3,(H,22,23);1H. The van der Waals surface area contributed by atoms with E-state index in [2.05, 4.69) is 60.0 Å². The van der Waals surface area contributed by atoms with E-state index in [-0.39, 0.29) is 18.3 Å². The molecule has 0 saturated heterocycles. The zero-order valence-electron chi connectivity index (χ0n) is 14.0. The second kappa shape index (κ2) is 8.86. The van der Waals surface area contributed by atoms with Gasteiger partial charge in [-0.1, -0.05) is 48.0 Å². The number of benzene rings is 2. The lowest BCUT2D eigenvalue weighted by molar-refractivity contribution is -0.120. The molecule has 24 heavy (non-hydrogen) atoms. The van der Waals surface area contributed by atoms with E-state index in [0.29, 0.717) is 13.1 Å². The Hall–Kier alpha value is -1.84. The van der Waals surface area contributed by atoms with Crippen molar-refractivity contribution in [1.82, 2.24) is 10.6 Å². The first-order chi connectivity index (χ1) is 11.2. The van der Waals surface area contributed by atoms with Crippen molar-refractivity contribution in [3.8, 4) is 11.1 Å². The van der Waals surface area contributed by atoms with E-state index in [9.17, 15) is 4.79 Å². The highest BCUT2D eigenvalue weighted by Crippen LogP contribution is 2.27. The number of carbonyl (C=O) groups excluding carboxylic acids is 1. The maximum atomic E-state index is 11.8. The van der Waals surface area contributed by atoms with Crippen LogP contribution >= 0.6 is 12.4 Å². The summed E-state index contributed by atoms with van der Waals surface area (Å²) >= 11 is 0. The Balaban J connectivity index is 0.00000208. The van der Waals surface area contributed by atoms with Gasteiger partial charge in [-0.25, -0.2) is 0 Å². The molecule has 128 valence electrons. The Kier molecular flexibility index (Phi) is 6.83. The van der Waals surface area contributed by atoms with Crippen LogP contribution in [-0.2, 0) is 11.3 Å². The molecule has 0 bridgehead atoms. The molecule has 3 nitrogen and oxygen atoms in total. The normalized spacial score (nSPS) is 13.2. The van der Waals surface area contributed by atoms with E-state index >= 15 is 0 Å². The molecule has 0 aromatic heterocycles. The van der Waals surface area contributed by atoms with Crippen LogP contribution in [0, 0.1) is 12.8 Å². The maximum absolute atomic E-state index is 11.8. The van der Waals surface area contributed by atoms with Gasteiger partial charge in [0.05, 0.1) is 6.54 Å². The molecule has 0 radical (unpaired) electrons. The SMILES string of the molecule is Cc1cccc(-c2cccc(CNC(=O)CNCC3CC3)c2)c1.Cl. The van der Waals surface area contributed by atoms with Gasteiger partial charge < -0.3 is 10.6 Å². The highest BCUT2D eigenvalue weighted by Gasteiger charge is 2.20. The number of halogens is 1. The number of hydrogen-bond donors (Lipinski definition) is 2. The van der Waals surface area contributed by atoms with Crippen LogP contribution in [0.1, 0.15) is 24.0 Å². The van der Waals surface area contributed by atoms with Crippen molar-refractivity contribution in [2.24, 2.45) is 5.92 Å². The summed E-state index contributed by atoms with van der Waals surface area (Å²) in [6.45, 7) is 4.05. The highest BCUT2D eigenvalue weighted by atomic mass is 35.5. The number of aryl methyl sites for hydroxylation is 1. The first kappa shape index (κ1) is 18.5. The minimum absolute atomic E-state index is 0. The minimum atomic E-state index is 0. The van der Waals surface area contributed by atoms with Crippen LogP contribution in [0.5, 0.6) is 0 Å². The van der Waals surface area contributed by atoms with Crippen molar-refractivity contribution in [3.63, 3.8) is 0 Å². The van der Waals surface area contributed by atoms with Gasteiger partial charge in [0.15, 0.2) is 0 Å². The van der Waals surface area contributed by atoms with E-state index in [0.717, 1.165) is 18.0 Å². The van der Waals surface area contributed by atoms with Crippen molar-refractivity contribution < 1.29 is 4.79 Å². The molecule has 3 rings (SSSR count). The molecular formula is C20H25ClN2O. The monoisotopic (exact) mass is 344 g/mol. The van der Waals surface area contributed by atoms with Crippen LogP contribution in [0.25, 0.3) is 11.1 Å². The summed E-state index contributed by atoms with van der Waals surface area (Å²) in [5.41, 5.74) is 4.78. The zero-order chi connectivity index (χ0) is 16.1. The van der Waals surface area contributed by atoms with Crippen LogP contribution in [0.4, 0.5) is 0 Å². The van der Waals surface area contributed by atoms with Crippen molar-refractivity contribution in [2.45, 2.75) is 26.3 Å². The van der Waals surface area contributed by atoms with E-state index in [1.165, 1.54) is 29.5 Å². The molecule has 1 saturated carbocycles. The molecule has 0 aliphatic heterocycles. The second-order valence-corrected chi connectivity index (χ2v) is 6.42. The van der Waals surface area contributed by atoms with Crippen molar-refractivity contribution in [1.29, 1.82) is 0 Å². The van der Waals surface area contributed by atoms with Crippen LogP contribution in [-0.4, -0.2) is 19.0 Å². The van der Waals surface area contributed by atoms with Crippen molar-refractivity contribution in [2.75, 3.05) is 13.1 Å². The highest BCUT2D eigenvalue weighted by molar-refractivity contribution is 5.85. The molecule has 2 aromatic carbocycles. The smallest absolute Gasteiger partial charge is 0.234 e. The molecule has 4 heteroatoms. The van der Waals surface area contributed by atoms with Gasteiger partial charge >= 0.3 is 0 Å². The molecular weight excluding hydrogens is 320 g/mol. The van der Waals surface area contributed by atoms with Gasteiger partial charge in [-0.3, -0.25) is 4.79 Å². The molecule has 0 heterocycles. The van der Waals surface area contributed by atoms with Gasteiger partial charge in [0.2, 0.25) is 5.91 Å². The van der Waals surface area contributed by atoms with Crippen LogP contribution in [0.15, 0.2) is 48.5 Å². The third-order valence-corrected chi connectivity index (χ3v) is 4.18. The van der Waals surface area contributed by atoms with Gasteiger partial charge in [0.1, 0.15) is 0 Å². The Labute approximate surface area is 150 Å². The quantitative estimate of drug-likeness (QED) is 0.804. The number of nitrogens with one attached hydrogen (secondary N) is 2. The average molecular weight is 345 g/mol. The second-order valence-electron chi connectivity index (χ2n) is 6.42. The third kappa shape index (κ3) is 5.66. The molecule has 1 aliphatic rings. The topological polar surface area (TPSA) is 41.1 Å². The van der Waals surface area contributed by atoms with Crippen LogP contribution in [0.2, 0.25) is 0 Å². The largest absolute Gasteiger partial charge is 0.351 e. The summed E-state index contributed by atoms with van der Waals surface area (Å²) in [5, 5.41) is 6.20. The third-order valence-electron chi connectivity index (χ3n) is 4.18. The molecule has 2 aromatic rings. The lowest BCUT2D eigenvalue weighted by Gasteiger charge is -2.09. The molecule has 2 N–H and O–H groups in total. The predicted octanol–water partition coefficient (Wildman–Crippen LogP) is 3.70. The van der Waals surface area contributed by atoms with E-state index < -0.39 is 0 Å². The summed E-state index contributed by atoms with van der Waals surface area (Å²) < 4.78 is 0. The van der Waals surface area contributed by atoms with Crippen LogP contribution < -0.4 is 10.6 Å². The van der Waals surface area contributed by atoms with E-state index in [4.69, 9.17) is 0 Å². The molecule has 0 spiro atoms. The predicted molar refractivity (Wildman–Crippen MR) is 101 cm³/mol. The van der Waals surface area contributed by atoms with Gasteiger partial charge in [0.25, 0.3) is 0 Å². The summed E-state index contributed by atoms with van der Waals surface area (Å²) in [4.78, 5) is 11.8. The maximum Gasteiger partial charge on any atom is 0.234 e. The Bertz CT molecular complexity index is 683. The summed E-state index contributed by atoms with van der Waals surface area (Å²) in [7, 11) is 0. The van der Waals surface area contributed by atoms with E-state index in [1.54, 1.807) is 0 Å². The summed E-state index contributed by atoms with van der Waals surface area (Å²) in [6, 6.07) is 16.8. The Morgan fingerprint density at radius 1 is 1.08 bits per heavy atom. The average Bonchev–Trinajstić information content (AvgIpc) is 3.38. The molecule has 1 fully saturated rings. The number of carbonyl (C=O) groups is 1. The first-order valence-electron chi connectivity index (χ1n) is 8.34. The molecule has 0 atom stereocenters. The van der Waals surface area contributed by atoms with Crippen LogP contribution in [0.3, 0.4) is 0 Å². The first-order valence-corrected chi connectivity index (χ1v) is 8.34. The minimum Gasteiger partial charge on any atom is -0.351 e. The molecule has 0 unspecified atom stereocenters. The number of amides is 1. The van der Waals surface area contributed by atoms with Gasteiger partial charge in [-0.05, 0) is 55.0 Å². The van der Waals surface area contributed by atoms with Gasteiger partial charge in [-0.2, -0.15) is 0 Å². The lowest BCUT2D eigenvalue weighted by atomic mass is 10.0. The fourth-order valence-corrected chi connectivity index (χ4v) is 2.66. The summed E-state index contributed by atoms with van der Waals surface area (Å²) in [5.74, 6) is 0.861. The Morgan fingerprint density at radius 3 is 2.50 bits per heavy atom. The zero-order valence-corrected chi connectivity index (χ0v) is 14.9.